The van der Waals surface area contributed by atoms with Crippen molar-refractivity contribution >= 4 is 71.0 Å². The number of rotatable bonds is 9. The van der Waals surface area contributed by atoms with Crippen LogP contribution in [0, 0.1) is 6.92 Å². The first-order valence-corrected chi connectivity index (χ1v) is 18.5. The molecule has 0 bridgehead atoms. The molecule has 0 saturated heterocycles. The van der Waals surface area contributed by atoms with Gasteiger partial charge in [-0.2, -0.15) is 0 Å². The third-order valence-corrected chi connectivity index (χ3v) is 10.1. The maximum atomic E-state index is 9.87. The molecular formula is C38H31Br3Cl2N4O4. The molecular weight excluding hydrogens is 887 g/mol. The lowest BCUT2D eigenvalue weighted by molar-refractivity contribution is 0.355. The summed E-state index contributed by atoms with van der Waals surface area (Å²) >= 11 is 22.7. The van der Waals surface area contributed by atoms with Gasteiger partial charge in [-0.1, -0.05) is 59.6 Å². The number of nitrogens with zero attached hydrogens (tertiary/aromatic N) is 4. The van der Waals surface area contributed by atoms with E-state index in [4.69, 9.17) is 42.4 Å². The van der Waals surface area contributed by atoms with Crippen LogP contribution in [0.1, 0.15) is 28.2 Å². The van der Waals surface area contributed by atoms with Gasteiger partial charge < -0.3 is 19.3 Å². The Morgan fingerprint density at radius 2 is 1.25 bits per heavy atom. The minimum absolute atomic E-state index is 0.138. The average molecular weight is 918 g/mol. The molecule has 0 aliphatic carbocycles. The number of halogens is 5. The summed E-state index contributed by atoms with van der Waals surface area (Å²) in [4.78, 5) is 18.2. The van der Waals surface area contributed by atoms with E-state index in [1.807, 2.05) is 73.7 Å². The van der Waals surface area contributed by atoms with Crippen LogP contribution < -0.4 is 14.2 Å². The summed E-state index contributed by atoms with van der Waals surface area (Å²) in [5, 5.41) is 10.7. The second-order valence-electron chi connectivity index (χ2n) is 11.1. The van der Waals surface area contributed by atoms with Crippen molar-refractivity contribution in [3.05, 3.63) is 137 Å². The Balaban J connectivity index is 0.000000198. The van der Waals surface area contributed by atoms with Gasteiger partial charge in [-0.05, 0) is 108 Å². The van der Waals surface area contributed by atoms with Crippen molar-refractivity contribution in [3.8, 4) is 45.5 Å². The van der Waals surface area contributed by atoms with E-state index < -0.39 is 0 Å². The molecule has 2 aromatic heterocycles. The molecule has 6 rings (SSSR count). The van der Waals surface area contributed by atoms with E-state index in [0.29, 0.717) is 55.0 Å². The van der Waals surface area contributed by atoms with Gasteiger partial charge in [-0.15, -0.1) is 0 Å². The lowest BCUT2D eigenvalue weighted by Crippen LogP contribution is -2.02. The zero-order valence-corrected chi connectivity index (χ0v) is 34.1. The van der Waals surface area contributed by atoms with Crippen LogP contribution in [-0.2, 0) is 12.8 Å². The standard InChI is InChI=1S/C20H19ClN2O2.C18H12Br3ClN2O2/c1-13-19(15-9-10-17(24-2)18(12-15)25-3)23-16(20(21)22-13)11-14-7-5-4-6-8-14;1-26-16-3-2-9(4-11(16)19)5-14-18(22)23-8-15(24-14)10-6-12(20)17(25)13(21)7-10/h4-10,12H,11H2,1-3H3;2-4,6-8,25H,5H2,1H3. The molecule has 0 radical (unpaired) electrons. The minimum atomic E-state index is 0.138. The van der Waals surface area contributed by atoms with Gasteiger partial charge >= 0.3 is 0 Å². The molecule has 1 N–H and O–H groups in total. The van der Waals surface area contributed by atoms with E-state index in [2.05, 4.69) is 62.7 Å². The first-order valence-electron chi connectivity index (χ1n) is 15.3. The van der Waals surface area contributed by atoms with Gasteiger partial charge in [0.2, 0.25) is 0 Å². The fourth-order valence-corrected chi connectivity index (χ4v) is 7.24. The largest absolute Gasteiger partial charge is 0.506 e. The summed E-state index contributed by atoms with van der Waals surface area (Å²) in [6.07, 6.45) is 2.77. The number of aryl methyl sites for hydroxylation is 1. The van der Waals surface area contributed by atoms with Gasteiger partial charge in [0, 0.05) is 24.0 Å². The van der Waals surface area contributed by atoms with Gasteiger partial charge in [0.25, 0.3) is 0 Å². The number of hydrogen-bond donors (Lipinski definition) is 1. The molecule has 51 heavy (non-hydrogen) atoms. The molecule has 4 aromatic carbocycles. The summed E-state index contributed by atoms with van der Waals surface area (Å²) in [7, 11) is 4.85. The van der Waals surface area contributed by atoms with Gasteiger partial charge in [-0.3, -0.25) is 0 Å². The number of aromatic hydroxyl groups is 1. The molecule has 0 amide bonds. The SMILES string of the molecule is COc1ccc(-c2nc(Cc3ccccc3)c(Cl)nc2C)cc1OC.COc1ccc(Cc2nc(-c3cc(Br)c(O)c(Br)c3)cnc2Cl)cc1Br. The van der Waals surface area contributed by atoms with Crippen LogP contribution in [0.2, 0.25) is 10.3 Å². The second kappa shape index (κ2) is 17.7. The third kappa shape index (κ3) is 9.58. The van der Waals surface area contributed by atoms with Crippen molar-refractivity contribution in [2.24, 2.45) is 0 Å². The van der Waals surface area contributed by atoms with Crippen LogP contribution in [-0.4, -0.2) is 46.4 Å². The molecule has 0 unspecified atom stereocenters. The third-order valence-electron chi connectivity index (χ3n) is 7.66. The normalized spacial score (nSPS) is 10.7. The number of hydrogen-bond acceptors (Lipinski definition) is 8. The first kappa shape index (κ1) is 38.5. The van der Waals surface area contributed by atoms with E-state index in [9.17, 15) is 5.11 Å². The van der Waals surface area contributed by atoms with Crippen molar-refractivity contribution in [2.75, 3.05) is 21.3 Å². The maximum Gasteiger partial charge on any atom is 0.161 e. The van der Waals surface area contributed by atoms with Crippen LogP contribution in [0.3, 0.4) is 0 Å². The van der Waals surface area contributed by atoms with E-state index in [1.54, 1.807) is 39.7 Å². The Hall–Kier alpha value is -3.74. The summed E-state index contributed by atoms with van der Waals surface area (Å²) in [6.45, 7) is 1.90. The number of ether oxygens (including phenoxy) is 3. The number of methoxy groups -OCH3 is 3. The van der Waals surface area contributed by atoms with Crippen LogP contribution in [0.5, 0.6) is 23.0 Å². The van der Waals surface area contributed by atoms with E-state index in [-0.39, 0.29) is 5.75 Å². The predicted octanol–water partition coefficient (Wildman–Crippen LogP) is 11.1. The zero-order valence-electron chi connectivity index (χ0n) is 27.8. The number of aromatic nitrogens is 4. The van der Waals surface area contributed by atoms with Crippen molar-refractivity contribution in [1.29, 1.82) is 0 Å². The van der Waals surface area contributed by atoms with Crippen LogP contribution >= 0.6 is 71.0 Å². The summed E-state index contributed by atoms with van der Waals surface area (Å²) in [5.41, 5.74) is 7.53. The minimum Gasteiger partial charge on any atom is -0.506 e. The van der Waals surface area contributed by atoms with Crippen molar-refractivity contribution in [3.63, 3.8) is 0 Å². The van der Waals surface area contributed by atoms with E-state index in [1.165, 1.54) is 0 Å². The second-order valence-corrected chi connectivity index (χ2v) is 14.3. The Morgan fingerprint density at radius 1 is 0.627 bits per heavy atom. The highest BCUT2D eigenvalue weighted by atomic mass is 79.9. The number of phenols is 1. The zero-order chi connectivity index (χ0) is 36.7. The van der Waals surface area contributed by atoms with Crippen molar-refractivity contribution in [2.45, 2.75) is 19.8 Å². The Morgan fingerprint density at radius 3 is 1.90 bits per heavy atom. The topological polar surface area (TPSA) is 99.5 Å². The smallest absolute Gasteiger partial charge is 0.161 e. The highest BCUT2D eigenvalue weighted by molar-refractivity contribution is 9.11. The molecule has 0 atom stereocenters. The van der Waals surface area contributed by atoms with Crippen molar-refractivity contribution in [1.82, 2.24) is 19.9 Å². The highest BCUT2D eigenvalue weighted by Crippen LogP contribution is 2.37. The molecule has 0 saturated carbocycles. The number of benzene rings is 4. The first-order chi connectivity index (χ1) is 24.5. The molecule has 8 nitrogen and oxygen atoms in total. The molecule has 0 spiro atoms. The lowest BCUT2D eigenvalue weighted by atomic mass is 10.1. The Labute approximate surface area is 331 Å². The van der Waals surface area contributed by atoms with Gasteiger partial charge in [0.1, 0.15) is 11.5 Å². The number of phenolic OH excluding ortho intramolecular Hbond substituents is 1. The van der Waals surface area contributed by atoms with Gasteiger partial charge in [-0.25, -0.2) is 19.9 Å². The average Bonchev–Trinajstić information content (AvgIpc) is 3.13. The van der Waals surface area contributed by atoms with E-state index >= 15 is 0 Å². The summed E-state index contributed by atoms with van der Waals surface area (Å²) < 4.78 is 17.9. The molecule has 0 aliphatic rings. The predicted molar refractivity (Wildman–Crippen MR) is 213 cm³/mol. The highest BCUT2D eigenvalue weighted by Gasteiger charge is 2.15. The van der Waals surface area contributed by atoms with E-state index in [0.717, 1.165) is 49.6 Å². The molecule has 13 heteroatoms. The molecule has 2 heterocycles. The van der Waals surface area contributed by atoms with Gasteiger partial charge in [0.15, 0.2) is 21.8 Å². The quantitative estimate of drug-likeness (QED) is 0.153. The van der Waals surface area contributed by atoms with Gasteiger partial charge in [0.05, 0.1) is 69.4 Å². The Bertz CT molecular complexity index is 2150. The Kier molecular flexibility index (Phi) is 13.3. The fraction of sp³-hybridized carbons (Fsp3) is 0.158. The maximum absolute atomic E-state index is 9.87. The molecule has 262 valence electrons. The monoisotopic (exact) mass is 914 g/mol. The molecule has 0 fully saturated rings. The molecule has 6 aromatic rings. The van der Waals surface area contributed by atoms with Crippen molar-refractivity contribution < 1.29 is 19.3 Å². The van der Waals surface area contributed by atoms with Crippen LogP contribution in [0.15, 0.2) is 98.5 Å². The van der Waals surface area contributed by atoms with Crippen LogP contribution in [0.25, 0.3) is 22.5 Å². The fourth-order valence-electron chi connectivity index (χ4n) is 5.08. The lowest BCUT2D eigenvalue weighted by Gasteiger charge is -2.12. The van der Waals surface area contributed by atoms with Crippen LogP contribution in [0.4, 0.5) is 0 Å². The summed E-state index contributed by atoms with van der Waals surface area (Å²) in [6, 6.07) is 25.2. The molecule has 0 aliphatic heterocycles. The summed E-state index contributed by atoms with van der Waals surface area (Å²) in [5.74, 6) is 2.23.